The van der Waals surface area contributed by atoms with E-state index in [4.69, 9.17) is 0 Å². The molecule has 3 N–H and O–H groups in total. The molecule has 0 aromatic carbocycles. The topological polar surface area (TPSA) is 60.7 Å². The number of aliphatic hydroxyl groups is 3. The number of fused-ring (bicyclic) bond motifs is 5. The molecule has 4 aliphatic carbocycles. The van der Waals surface area contributed by atoms with Gasteiger partial charge in [0.1, 0.15) is 0 Å². The molecule has 0 bridgehead atoms. The van der Waals surface area contributed by atoms with Gasteiger partial charge in [-0.1, -0.05) is 34.1 Å². The summed E-state index contributed by atoms with van der Waals surface area (Å²) in [5.74, 6) is 1.98. The molecule has 4 saturated carbocycles. The average molecular weight is 425 g/mol. The van der Waals surface area contributed by atoms with Crippen molar-refractivity contribution in [3.63, 3.8) is 0 Å². The van der Waals surface area contributed by atoms with Gasteiger partial charge in [0.25, 0.3) is 0 Å². The molecule has 13 atom stereocenters. The molecule has 4 heteroatoms. The van der Waals surface area contributed by atoms with Gasteiger partial charge in [-0.2, -0.15) is 0 Å². The summed E-state index contributed by atoms with van der Waals surface area (Å²) in [7, 11) is 0. The second kappa shape index (κ2) is 7.99. The van der Waals surface area contributed by atoms with E-state index in [9.17, 15) is 19.7 Å². The van der Waals surface area contributed by atoms with Crippen LogP contribution in [0.2, 0.25) is 0 Å². The zero-order valence-electron chi connectivity index (χ0n) is 19.7. The highest BCUT2D eigenvalue weighted by molar-refractivity contribution is 5.15. The zero-order chi connectivity index (χ0) is 22.0. The third-order valence-electron chi connectivity index (χ3n) is 11.0. The highest BCUT2D eigenvalue weighted by Gasteiger charge is 2.67. The van der Waals surface area contributed by atoms with Crippen LogP contribution >= 0.6 is 0 Å². The largest absolute Gasteiger partial charge is 0.393 e. The van der Waals surface area contributed by atoms with E-state index in [-0.39, 0.29) is 46.9 Å². The van der Waals surface area contributed by atoms with Crippen LogP contribution in [0.5, 0.6) is 0 Å². The maximum absolute atomic E-state index is 13.8. The molecule has 0 aromatic heterocycles. The van der Waals surface area contributed by atoms with Crippen molar-refractivity contribution in [2.45, 2.75) is 110 Å². The van der Waals surface area contributed by atoms with E-state index < -0.39 is 6.17 Å². The Morgan fingerprint density at radius 3 is 2.30 bits per heavy atom. The van der Waals surface area contributed by atoms with Crippen LogP contribution < -0.4 is 0 Å². The highest BCUT2D eigenvalue weighted by Crippen LogP contribution is 2.69. The number of rotatable bonds is 4. The first kappa shape index (κ1) is 23.0. The van der Waals surface area contributed by atoms with Gasteiger partial charge in [-0.25, -0.2) is 4.39 Å². The SMILES string of the molecule is CC[C@H]1C(O)C2C3CC[C@H]([C@H](C)C[C@@H](C)F)[C@@]3(C)[C@@H](O)CC2[C@@]2(C)CC[C@@H](O)C[C@@H]12. The molecular weight excluding hydrogens is 379 g/mol. The minimum absolute atomic E-state index is 0.0866. The molecule has 0 heterocycles. The number of halogens is 1. The molecule has 0 radical (unpaired) electrons. The Hall–Kier alpha value is -0.190. The molecule has 174 valence electrons. The van der Waals surface area contributed by atoms with Crippen LogP contribution in [0, 0.1) is 52.3 Å². The first-order valence-corrected chi connectivity index (χ1v) is 12.7. The van der Waals surface area contributed by atoms with Crippen molar-refractivity contribution in [2.24, 2.45) is 52.3 Å². The van der Waals surface area contributed by atoms with E-state index in [0.717, 1.165) is 44.9 Å². The highest BCUT2D eigenvalue weighted by atomic mass is 19.1. The van der Waals surface area contributed by atoms with E-state index in [0.29, 0.717) is 30.1 Å². The molecule has 3 nitrogen and oxygen atoms in total. The summed E-state index contributed by atoms with van der Waals surface area (Å²) in [4.78, 5) is 0. The maximum Gasteiger partial charge on any atom is 0.0976 e. The van der Waals surface area contributed by atoms with Crippen molar-refractivity contribution < 1.29 is 19.7 Å². The fraction of sp³-hybridized carbons (Fsp3) is 1.00. The van der Waals surface area contributed by atoms with Gasteiger partial charge in [-0.15, -0.1) is 0 Å². The molecule has 0 amide bonds. The molecule has 0 spiro atoms. The molecule has 0 saturated heterocycles. The Kier molecular flexibility index (Phi) is 6.12. The van der Waals surface area contributed by atoms with Crippen molar-refractivity contribution in [3.05, 3.63) is 0 Å². The molecule has 4 unspecified atom stereocenters. The lowest BCUT2D eigenvalue weighted by molar-refractivity contribution is -0.228. The van der Waals surface area contributed by atoms with E-state index >= 15 is 0 Å². The molecule has 4 rings (SSSR count). The van der Waals surface area contributed by atoms with Gasteiger partial charge in [-0.05, 0) is 104 Å². The monoisotopic (exact) mass is 424 g/mol. The van der Waals surface area contributed by atoms with Crippen LogP contribution in [0.4, 0.5) is 4.39 Å². The lowest BCUT2D eigenvalue weighted by Crippen LogP contribution is -2.65. The van der Waals surface area contributed by atoms with Crippen LogP contribution in [0.15, 0.2) is 0 Å². The molecule has 4 aliphatic rings. The standard InChI is InChI=1S/C26H45FO3/c1-6-17-20-12-16(28)9-10-25(20,4)21-13-22(29)26(5)18(14(2)11-15(3)27)7-8-19(26)23(21)24(17)30/h14-24,28-30H,6-13H2,1-5H3/t14-,15-,16-,17-,18-,19?,20+,21?,22+,23?,24?,25+,26-/m1/s1. The molecule has 30 heavy (non-hydrogen) atoms. The smallest absolute Gasteiger partial charge is 0.0976 e. The number of aliphatic hydroxyl groups excluding tert-OH is 3. The zero-order valence-corrected chi connectivity index (χ0v) is 19.7. The quantitative estimate of drug-likeness (QED) is 0.597. The first-order chi connectivity index (χ1) is 14.1. The fourth-order valence-corrected chi connectivity index (χ4v) is 9.57. The van der Waals surface area contributed by atoms with Gasteiger partial charge in [-0.3, -0.25) is 0 Å². The van der Waals surface area contributed by atoms with Crippen LogP contribution in [0.25, 0.3) is 0 Å². The van der Waals surface area contributed by atoms with E-state index in [1.54, 1.807) is 6.92 Å². The van der Waals surface area contributed by atoms with E-state index in [1.807, 2.05) is 0 Å². The molecule has 4 fully saturated rings. The number of hydrogen-bond acceptors (Lipinski definition) is 3. The normalized spacial score (nSPS) is 55.3. The van der Waals surface area contributed by atoms with Crippen LogP contribution in [0.1, 0.15) is 86.0 Å². The minimum Gasteiger partial charge on any atom is -0.393 e. The molecular formula is C26H45FO3. The van der Waals surface area contributed by atoms with Gasteiger partial charge >= 0.3 is 0 Å². The molecule has 0 aliphatic heterocycles. The summed E-state index contributed by atoms with van der Waals surface area (Å²) >= 11 is 0. The summed E-state index contributed by atoms with van der Waals surface area (Å²) < 4.78 is 13.8. The Bertz CT molecular complexity index is 625. The Balaban J connectivity index is 1.70. The summed E-state index contributed by atoms with van der Waals surface area (Å²) in [5.41, 5.74) is -0.143. The number of alkyl halides is 1. The van der Waals surface area contributed by atoms with Crippen molar-refractivity contribution in [3.8, 4) is 0 Å². The minimum atomic E-state index is -0.811. The summed E-state index contributed by atoms with van der Waals surface area (Å²) in [5, 5.41) is 33.7. The Labute approximate surface area is 182 Å². The predicted molar refractivity (Wildman–Crippen MR) is 118 cm³/mol. The van der Waals surface area contributed by atoms with Crippen LogP contribution in [0.3, 0.4) is 0 Å². The van der Waals surface area contributed by atoms with Gasteiger partial charge in [0, 0.05) is 0 Å². The van der Waals surface area contributed by atoms with Crippen molar-refractivity contribution in [2.75, 3.05) is 0 Å². The van der Waals surface area contributed by atoms with E-state index in [2.05, 4.69) is 27.7 Å². The van der Waals surface area contributed by atoms with Crippen LogP contribution in [-0.2, 0) is 0 Å². The lowest BCUT2D eigenvalue weighted by Gasteiger charge is -2.65. The third kappa shape index (κ3) is 3.22. The van der Waals surface area contributed by atoms with Crippen LogP contribution in [-0.4, -0.2) is 39.8 Å². The van der Waals surface area contributed by atoms with Gasteiger partial charge in [0.15, 0.2) is 0 Å². The summed E-state index contributed by atoms with van der Waals surface area (Å²) in [6, 6.07) is 0. The first-order valence-electron chi connectivity index (χ1n) is 12.7. The maximum atomic E-state index is 13.8. The van der Waals surface area contributed by atoms with Crippen molar-refractivity contribution in [1.29, 1.82) is 0 Å². The van der Waals surface area contributed by atoms with Crippen molar-refractivity contribution >= 4 is 0 Å². The predicted octanol–water partition coefficient (Wildman–Crippen LogP) is 4.97. The van der Waals surface area contributed by atoms with Gasteiger partial charge < -0.3 is 15.3 Å². The van der Waals surface area contributed by atoms with E-state index in [1.165, 1.54) is 0 Å². The second-order valence-electron chi connectivity index (χ2n) is 12.2. The summed E-state index contributed by atoms with van der Waals surface area (Å²) in [6.45, 7) is 10.6. The third-order valence-corrected chi connectivity index (χ3v) is 11.0. The van der Waals surface area contributed by atoms with Crippen molar-refractivity contribution in [1.82, 2.24) is 0 Å². The Morgan fingerprint density at radius 2 is 1.67 bits per heavy atom. The Morgan fingerprint density at radius 1 is 0.967 bits per heavy atom. The number of hydrogen-bond donors (Lipinski definition) is 3. The van der Waals surface area contributed by atoms with Gasteiger partial charge in [0.2, 0.25) is 0 Å². The fourth-order valence-electron chi connectivity index (χ4n) is 9.57. The lowest BCUT2D eigenvalue weighted by atomic mass is 9.41. The molecule has 0 aromatic rings. The second-order valence-corrected chi connectivity index (χ2v) is 12.2. The average Bonchev–Trinajstić information content (AvgIpc) is 3.02. The van der Waals surface area contributed by atoms with Gasteiger partial charge in [0.05, 0.1) is 24.5 Å². The summed E-state index contributed by atoms with van der Waals surface area (Å²) in [6.07, 6.45) is 5.18.